The first kappa shape index (κ1) is 15.6. The molecule has 0 bridgehead atoms. The summed E-state index contributed by atoms with van der Waals surface area (Å²) in [6.07, 6.45) is -1.33. The molecule has 0 saturated carbocycles. The topological polar surface area (TPSA) is 3.24 Å². The van der Waals surface area contributed by atoms with Gasteiger partial charge in [-0.1, -0.05) is 22.9 Å². The van der Waals surface area contributed by atoms with Crippen LogP contribution in [-0.2, 0) is 0 Å². The summed E-state index contributed by atoms with van der Waals surface area (Å²) in [6.45, 7) is 2.00. The smallest absolute Gasteiger partial charge is 0.301 e. The van der Waals surface area contributed by atoms with E-state index in [0.29, 0.717) is 0 Å². The Morgan fingerprint density at radius 3 is 2.27 bits per heavy atom. The third-order valence-electron chi connectivity index (χ3n) is 2.26. The zero-order valence-electron chi connectivity index (χ0n) is 9.14. The van der Waals surface area contributed by atoms with Crippen molar-refractivity contribution < 1.29 is 13.2 Å². The molecule has 0 rings (SSSR count). The first-order chi connectivity index (χ1) is 6.82. The Morgan fingerprint density at radius 1 is 1.40 bits per heavy atom. The molecule has 0 aromatic carbocycles. The van der Waals surface area contributed by atoms with Crippen molar-refractivity contribution in [3.8, 4) is 0 Å². The van der Waals surface area contributed by atoms with E-state index in [9.17, 15) is 13.2 Å². The van der Waals surface area contributed by atoms with E-state index in [1.807, 2.05) is 13.2 Å². The Labute approximate surface area is 102 Å². The lowest BCUT2D eigenvalue weighted by Crippen LogP contribution is -2.41. The maximum Gasteiger partial charge on any atom is 0.402 e. The lowest BCUT2D eigenvalue weighted by Gasteiger charge is -2.29. The Kier molecular flexibility index (Phi) is 7.28. The molecule has 0 aliphatic carbocycles. The average molecular weight is 308 g/mol. The standard InChI is InChI=1S/C9H17BrF3NS/c1-4-7(6-15-3)14(2)5-8(10)9(11,12)13/h7-8H,4-6H2,1-3H3. The van der Waals surface area contributed by atoms with Crippen molar-refractivity contribution in [2.24, 2.45) is 0 Å². The van der Waals surface area contributed by atoms with Gasteiger partial charge < -0.3 is 4.90 Å². The molecule has 2 atom stereocenters. The Bertz CT molecular complexity index is 177. The van der Waals surface area contributed by atoms with Gasteiger partial charge >= 0.3 is 6.18 Å². The summed E-state index contributed by atoms with van der Waals surface area (Å²) < 4.78 is 36.9. The number of thioether (sulfide) groups is 1. The van der Waals surface area contributed by atoms with Crippen LogP contribution in [-0.4, -0.2) is 47.5 Å². The number of rotatable bonds is 6. The normalized spacial score (nSPS) is 16.8. The minimum absolute atomic E-state index is 0.00255. The van der Waals surface area contributed by atoms with Gasteiger partial charge in [-0.25, -0.2) is 0 Å². The predicted octanol–water partition coefficient (Wildman–Crippen LogP) is 3.39. The second-order valence-corrected chi connectivity index (χ2v) is 5.48. The van der Waals surface area contributed by atoms with Gasteiger partial charge in [0.05, 0.1) is 0 Å². The molecule has 0 fully saturated rings. The zero-order valence-corrected chi connectivity index (χ0v) is 11.5. The molecule has 0 aromatic heterocycles. The van der Waals surface area contributed by atoms with Crippen LogP contribution >= 0.6 is 27.7 Å². The minimum Gasteiger partial charge on any atom is -0.301 e. The largest absolute Gasteiger partial charge is 0.402 e. The molecule has 0 N–H and O–H groups in total. The molecule has 0 aliphatic rings. The Morgan fingerprint density at radius 2 is 1.93 bits per heavy atom. The minimum atomic E-state index is -4.16. The molecule has 92 valence electrons. The van der Waals surface area contributed by atoms with Crippen LogP contribution in [0.5, 0.6) is 0 Å². The predicted molar refractivity (Wildman–Crippen MR) is 63.9 cm³/mol. The van der Waals surface area contributed by atoms with Crippen molar-refractivity contribution in [1.82, 2.24) is 4.90 Å². The number of alkyl halides is 4. The molecular formula is C9H17BrF3NS. The van der Waals surface area contributed by atoms with E-state index in [-0.39, 0.29) is 12.6 Å². The van der Waals surface area contributed by atoms with Crippen molar-refractivity contribution in [3.05, 3.63) is 0 Å². The van der Waals surface area contributed by atoms with Crippen LogP contribution in [0.15, 0.2) is 0 Å². The van der Waals surface area contributed by atoms with Crippen molar-refractivity contribution in [2.45, 2.75) is 30.4 Å². The maximum absolute atomic E-state index is 12.3. The second kappa shape index (κ2) is 7.01. The van der Waals surface area contributed by atoms with Crippen LogP contribution in [0.4, 0.5) is 13.2 Å². The number of hydrogen-bond acceptors (Lipinski definition) is 2. The molecule has 0 radical (unpaired) electrons. The van der Waals surface area contributed by atoms with Gasteiger partial charge in [-0.3, -0.25) is 0 Å². The number of halogens is 4. The second-order valence-electron chi connectivity index (χ2n) is 3.47. The molecular weight excluding hydrogens is 291 g/mol. The van der Waals surface area contributed by atoms with E-state index in [4.69, 9.17) is 0 Å². The summed E-state index contributed by atoms with van der Waals surface area (Å²) in [4.78, 5) is 0.328. The van der Waals surface area contributed by atoms with E-state index in [1.165, 1.54) is 0 Å². The maximum atomic E-state index is 12.3. The quantitative estimate of drug-likeness (QED) is 0.692. The fourth-order valence-electron chi connectivity index (χ4n) is 1.25. The van der Waals surface area contributed by atoms with E-state index < -0.39 is 11.0 Å². The van der Waals surface area contributed by atoms with Crippen LogP contribution in [0.25, 0.3) is 0 Å². The zero-order chi connectivity index (χ0) is 12.1. The highest BCUT2D eigenvalue weighted by atomic mass is 79.9. The summed E-state index contributed by atoms with van der Waals surface area (Å²) in [5, 5.41) is 0. The lowest BCUT2D eigenvalue weighted by atomic mass is 10.2. The Hall–Kier alpha value is 0.580. The summed E-state index contributed by atoms with van der Waals surface area (Å²) in [5.41, 5.74) is 0. The van der Waals surface area contributed by atoms with E-state index >= 15 is 0 Å². The van der Waals surface area contributed by atoms with E-state index in [0.717, 1.165) is 12.2 Å². The first-order valence-corrected chi connectivity index (χ1v) is 7.03. The monoisotopic (exact) mass is 307 g/mol. The highest BCUT2D eigenvalue weighted by Gasteiger charge is 2.38. The van der Waals surface area contributed by atoms with E-state index in [1.54, 1.807) is 23.7 Å². The van der Waals surface area contributed by atoms with Gasteiger partial charge in [-0.2, -0.15) is 24.9 Å². The van der Waals surface area contributed by atoms with Crippen LogP contribution < -0.4 is 0 Å². The van der Waals surface area contributed by atoms with Crippen LogP contribution in [0, 0.1) is 0 Å². The van der Waals surface area contributed by atoms with Crippen LogP contribution in [0.2, 0.25) is 0 Å². The van der Waals surface area contributed by atoms with Gasteiger partial charge in [0.15, 0.2) is 0 Å². The van der Waals surface area contributed by atoms with Gasteiger partial charge in [0, 0.05) is 18.3 Å². The fraction of sp³-hybridized carbons (Fsp3) is 1.00. The summed E-state index contributed by atoms with van der Waals surface area (Å²) >= 11 is 4.33. The average Bonchev–Trinajstić information content (AvgIpc) is 2.12. The lowest BCUT2D eigenvalue weighted by molar-refractivity contribution is -0.130. The molecule has 0 spiro atoms. The molecule has 6 heteroatoms. The number of nitrogens with zero attached hydrogens (tertiary/aromatic N) is 1. The van der Waals surface area contributed by atoms with Gasteiger partial charge in [0.2, 0.25) is 0 Å². The van der Waals surface area contributed by atoms with Gasteiger partial charge in [-0.05, 0) is 19.7 Å². The van der Waals surface area contributed by atoms with Crippen molar-refractivity contribution >= 4 is 27.7 Å². The van der Waals surface area contributed by atoms with Crippen molar-refractivity contribution in [1.29, 1.82) is 0 Å². The molecule has 0 amide bonds. The molecule has 0 heterocycles. The highest BCUT2D eigenvalue weighted by Crippen LogP contribution is 2.27. The van der Waals surface area contributed by atoms with Crippen molar-refractivity contribution in [2.75, 3.05) is 25.6 Å². The SMILES string of the molecule is CCC(CSC)N(C)CC(Br)C(F)(F)F. The van der Waals surface area contributed by atoms with Gasteiger partial charge in [0.25, 0.3) is 0 Å². The van der Waals surface area contributed by atoms with Crippen molar-refractivity contribution in [3.63, 3.8) is 0 Å². The summed E-state index contributed by atoms with van der Waals surface area (Å²) in [5.74, 6) is 0.866. The molecule has 1 nitrogen and oxygen atoms in total. The van der Waals surface area contributed by atoms with Gasteiger partial charge in [-0.15, -0.1) is 0 Å². The first-order valence-electron chi connectivity index (χ1n) is 4.72. The summed E-state index contributed by atoms with van der Waals surface area (Å²) in [7, 11) is 1.74. The molecule has 15 heavy (non-hydrogen) atoms. The third kappa shape index (κ3) is 6.02. The third-order valence-corrected chi connectivity index (χ3v) is 3.78. The van der Waals surface area contributed by atoms with Crippen LogP contribution in [0.1, 0.15) is 13.3 Å². The Balaban J connectivity index is 4.15. The van der Waals surface area contributed by atoms with Crippen LogP contribution in [0.3, 0.4) is 0 Å². The number of hydrogen-bond donors (Lipinski definition) is 0. The summed E-state index contributed by atoms with van der Waals surface area (Å²) in [6, 6.07) is 0.211. The molecule has 2 unspecified atom stereocenters. The van der Waals surface area contributed by atoms with E-state index in [2.05, 4.69) is 15.9 Å². The molecule has 0 aliphatic heterocycles. The molecule has 0 aromatic rings. The fourth-order valence-corrected chi connectivity index (χ4v) is 2.59. The van der Waals surface area contributed by atoms with Gasteiger partial charge in [0.1, 0.15) is 4.83 Å². The molecule has 0 saturated heterocycles. The highest BCUT2D eigenvalue weighted by molar-refractivity contribution is 9.09.